The van der Waals surface area contributed by atoms with Crippen LogP contribution in [0.2, 0.25) is 0 Å². The quantitative estimate of drug-likeness (QED) is 0.834. The highest BCUT2D eigenvalue weighted by molar-refractivity contribution is 5.90. The van der Waals surface area contributed by atoms with E-state index in [1.54, 1.807) is 0 Å². The molecule has 2 amide bonds. The molecule has 0 radical (unpaired) electrons. The van der Waals surface area contributed by atoms with Crippen molar-refractivity contribution >= 4 is 11.7 Å². The normalized spacial score (nSPS) is 16.2. The molecule has 3 heteroatoms. The molecule has 108 valence electrons. The summed E-state index contributed by atoms with van der Waals surface area (Å²) in [5.41, 5.74) is 4.42. The van der Waals surface area contributed by atoms with Crippen molar-refractivity contribution in [1.82, 2.24) is 5.32 Å². The molecule has 2 rings (SSSR count). The van der Waals surface area contributed by atoms with Gasteiger partial charge in [-0.1, -0.05) is 24.5 Å². The largest absolute Gasteiger partial charge is 0.323 e. The summed E-state index contributed by atoms with van der Waals surface area (Å²) in [4.78, 5) is 11.9. The summed E-state index contributed by atoms with van der Waals surface area (Å²) in [6.45, 7) is 6.16. The van der Waals surface area contributed by atoms with Crippen molar-refractivity contribution in [2.24, 2.45) is 5.92 Å². The van der Waals surface area contributed by atoms with Crippen LogP contribution in [0, 0.1) is 19.8 Å². The number of benzene rings is 1. The summed E-state index contributed by atoms with van der Waals surface area (Å²) >= 11 is 0. The van der Waals surface area contributed by atoms with Gasteiger partial charge in [0.2, 0.25) is 0 Å². The molecule has 0 bridgehead atoms. The summed E-state index contributed by atoms with van der Waals surface area (Å²) in [6.07, 6.45) is 6.98. The number of urea groups is 1. The SMILES string of the molecule is C/C(=C\NC(=O)Nc1cc(C)cc(C)c1)C1CCCC1. The zero-order chi connectivity index (χ0) is 14.5. The van der Waals surface area contributed by atoms with E-state index in [9.17, 15) is 4.79 Å². The van der Waals surface area contributed by atoms with Gasteiger partial charge in [-0.3, -0.25) is 0 Å². The van der Waals surface area contributed by atoms with Crippen LogP contribution in [-0.2, 0) is 0 Å². The van der Waals surface area contributed by atoms with Crippen LogP contribution in [0.1, 0.15) is 43.7 Å². The van der Waals surface area contributed by atoms with E-state index in [0.717, 1.165) is 16.8 Å². The van der Waals surface area contributed by atoms with Crippen LogP contribution < -0.4 is 10.6 Å². The first kappa shape index (κ1) is 14.6. The van der Waals surface area contributed by atoms with Crippen LogP contribution in [0.4, 0.5) is 10.5 Å². The van der Waals surface area contributed by atoms with Crippen LogP contribution >= 0.6 is 0 Å². The molecule has 0 spiro atoms. The van der Waals surface area contributed by atoms with Gasteiger partial charge >= 0.3 is 6.03 Å². The Labute approximate surface area is 121 Å². The van der Waals surface area contributed by atoms with E-state index in [4.69, 9.17) is 0 Å². The minimum atomic E-state index is -0.174. The molecule has 1 aromatic carbocycles. The van der Waals surface area contributed by atoms with Crippen molar-refractivity contribution in [3.63, 3.8) is 0 Å². The second-order valence-electron chi connectivity index (χ2n) is 5.84. The summed E-state index contributed by atoms with van der Waals surface area (Å²) in [5.74, 6) is 0.650. The number of rotatable bonds is 3. The highest BCUT2D eigenvalue weighted by atomic mass is 16.2. The zero-order valence-corrected chi connectivity index (χ0v) is 12.6. The van der Waals surface area contributed by atoms with Gasteiger partial charge < -0.3 is 10.6 Å². The maximum absolute atomic E-state index is 11.9. The van der Waals surface area contributed by atoms with Crippen LogP contribution in [0.3, 0.4) is 0 Å². The highest BCUT2D eigenvalue weighted by Gasteiger charge is 2.16. The van der Waals surface area contributed by atoms with E-state index >= 15 is 0 Å². The number of allylic oxidation sites excluding steroid dienone is 1. The molecule has 0 heterocycles. The summed E-state index contributed by atoms with van der Waals surface area (Å²) in [5, 5.41) is 5.71. The topological polar surface area (TPSA) is 41.1 Å². The number of carbonyl (C=O) groups is 1. The molecule has 1 aliphatic carbocycles. The molecule has 20 heavy (non-hydrogen) atoms. The summed E-state index contributed by atoms with van der Waals surface area (Å²) < 4.78 is 0. The molecule has 1 fully saturated rings. The lowest BCUT2D eigenvalue weighted by molar-refractivity contribution is 0.255. The van der Waals surface area contributed by atoms with Gasteiger partial charge in [0.15, 0.2) is 0 Å². The number of aryl methyl sites for hydroxylation is 2. The highest BCUT2D eigenvalue weighted by Crippen LogP contribution is 2.30. The first-order valence-electron chi connectivity index (χ1n) is 7.37. The average molecular weight is 272 g/mol. The molecular weight excluding hydrogens is 248 g/mol. The lowest BCUT2D eigenvalue weighted by Gasteiger charge is -2.11. The lowest BCUT2D eigenvalue weighted by atomic mass is 10.0. The van der Waals surface area contributed by atoms with Crippen molar-refractivity contribution < 1.29 is 4.79 Å². The van der Waals surface area contributed by atoms with Crippen molar-refractivity contribution in [2.75, 3.05) is 5.32 Å². The van der Waals surface area contributed by atoms with Crippen LogP contribution in [0.25, 0.3) is 0 Å². The summed E-state index contributed by atoms with van der Waals surface area (Å²) in [6, 6.07) is 5.86. The zero-order valence-electron chi connectivity index (χ0n) is 12.6. The second-order valence-corrected chi connectivity index (χ2v) is 5.84. The Balaban J connectivity index is 1.90. The third-order valence-corrected chi connectivity index (χ3v) is 3.91. The maximum Gasteiger partial charge on any atom is 0.323 e. The number of hydrogen-bond acceptors (Lipinski definition) is 1. The van der Waals surface area contributed by atoms with E-state index in [2.05, 4.69) is 23.6 Å². The number of carbonyl (C=O) groups excluding carboxylic acids is 1. The van der Waals surface area contributed by atoms with E-state index in [1.165, 1.54) is 31.3 Å². The van der Waals surface area contributed by atoms with E-state index in [0.29, 0.717) is 5.92 Å². The minimum Gasteiger partial charge on any atom is -0.314 e. The van der Waals surface area contributed by atoms with Gasteiger partial charge in [0.05, 0.1) is 0 Å². The first-order chi connectivity index (χ1) is 9.54. The minimum absolute atomic E-state index is 0.174. The lowest BCUT2D eigenvalue weighted by Crippen LogP contribution is -2.24. The number of anilines is 1. The van der Waals surface area contributed by atoms with E-state index in [-0.39, 0.29) is 6.03 Å². The van der Waals surface area contributed by atoms with E-state index < -0.39 is 0 Å². The molecule has 3 nitrogen and oxygen atoms in total. The molecule has 1 aliphatic rings. The van der Waals surface area contributed by atoms with Gasteiger partial charge in [-0.25, -0.2) is 4.79 Å². The smallest absolute Gasteiger partial charge is 0.314 e. The number of amides is 2. The first-order valence-corrected chi connectivity index (χ1v) is 7.37. The molecule has 1 saturated carbocycles. The fourth-order valence-electron chi connectivity index (χ4n) is 2.89. The average Bonchev–Trinajstić information content (AvgIpc) is 2.88. The standard InChI is InChI=1S/C17H24N2O/c1-12-8-13(2)10-16(9-12)19-17(20)18-11-14(3)15-6-4-5-7-15/h8-11,15H,4-7H2,1-3H3,(H2,18,19,20)/b14-11+. The maximum atomic E-state index is 11.9. The van der Waals surface area contributed by atoms with Crippen LogP contribution in [-0.4, -0.2) is 6.03 Å². The predicted octanol–water partition coefficient (Wildman–Crippen LogP) is 4.52. The second kappa shape index (κ2) is 6.60. The number of nitrogens with one attached hydrogen (secondary N) is 2. The van der Waals surface area contributed by atoms with Gasteiger partial charge in [-0.15, -0.1) is 0 Å². The van der Waals surface area contributed by atoms with Gasteiger partial charge in [0.25, 0.3) is 0 Å². The van der Waals surface area contributed by atoms with Gasteiger partial charge in [0.1, 0.15) is 0 Å². The Morgan fingerprint density at radius 3 is 2.35 bits per heavy atom. The van der Waals surface area contributed by atoms with Gasteiger partial charge in [0, 0.05) is 11.9 Å². The van der Waals surface area contributed by atoms with Crippen molar-refractivity contribution in [2.45, 2.75) is 46.5 Å². The Hall–Kier alpha value is -1.77. The molecule has 0 aliphatic heterocycles. The molecule has 0 saturated heterocycles. The third-order valence-electron chi connectivity index (χ3n) is 3.91. The Morgan fingerprint density at radius 2 is 1.75 bits per heavy atom. The fraction of sp³-hybridized carbons (Fsp3) is 0.471. The van der Waals surface area contributed by atoms with Gasteiger partial charge in [-0.05, 0) is 62.8 Å². The molecular formula is C17H24N2O. The van der Waals surface area contributed by atoms with Gasteiger partial charge in [-0.2, -0.15) is 0 Å². The van der Waals surface area contributed by atoms with Crippen molar-refractivity contribution in [3.8, 4) is 0 Å². The molecule has 1 aromatic rings. The van der Waals surface area contributed by atoms with Crippen molar-refractivity contribution in [1.29, 1.82) is 0 Å². The monoisotopic (exact) mass is 272 g/mol. The fourth-order valence-corrected chi connectivity index (χ4v) is 2.89. The van der Waals surface area contributed by atoms with Crippen LogP contribution in [0.5, 0.6) is 0 Å². The Kier molecular flexibility index (Phi) is 4.83. The summed E-state index contributed by atoms with van der Waals surface area (Å²) in [7, 11) is 0. The number of hydrogen-bond donors (Lipinski definition) is 2. The molecule has 0 atom stereocenters. The predicted molar refractivity (Wildman–Crippen MR) is 83.8 cm³/mol. The third kappa shape index (κ3) is 4.12. The van der Waals surface area contributed by atoms with E-state index in [1.807, 2.05) is 32.2 Å². The molecule has 2 N–H and O–H groups in total. The van der Waals surface area contributed by atoms with Crippen molar-refractivity contribution in [3.05, 3.63) is 41.1 Å². The van der Waals surface area contributed by atoms with Crippen LogP contribution in [0.15, 0.2) is 30.0 Å². The Morgan fingerprint density at radius 1 is 1.15 bits per heavy atom. The Bertz CT molecular complexity index is 493. The molecule has 0 aromatic heterocycles. The molecule has 0 unspecified atom stereocenters.